The van der Waals surface area contributed by atoms with Crippen molar-refractivity contribution in [3.63, 3.8) is 0 Å². The Balaban J connectivity index is 1.12. The summed E-state index contributed by atoms with van der Waals surface area (Å²) < 4.78 is 1.24. The van der Waals surface area contributed by atoms with E-state index in [-0.39, 0.29) is 5.91 Å². The van der Waals surface area contributed by atoms with Crippen molar-refractivity contribution in [2.75, 3.05) is 30.9 Å². The van der Waals surface area contributed by atoms with Gasteiger partial charge in [0.05, 0.1) is 11.9 Å². The fraction of sp³-hybridized carbons (Fsp3) is 0.370. The molecule has 0 unspecified atom stereocenters. The number of benzene rings is 2. The maximum Gasteiger partial charge on any atom is 0.225 e. The molecule has 0 spiro atoms. The van der Waals surface area contributed by atoms with Gasteiger partial charge >= 0.3 is 0 Å². The van der Waals surface area contributed by atoms with Gasteiger partial charge in [-0.25, -0.2) is 4.98 Å². The van der Waals surface area contributed by atoms with E-state index >= 15 is 0 Å². The van der Waals surface area contributed by atoms with Crippen LogP contribution in [-0.4, -0.2) is 42.6 Å². The number of carbonyl (C=O) groups is 1. The van der Waals surface area contributed by atoms with Crippen molar-refractivity contribution in [2.45, 2.75) is 38.1 Å². The third kappa shape index (κ3) is 4.99. The lowest BCUT2D eigenvalue weighted by Gasteiger charge is -2.29. The van der Waals surface area contributed by atoms with Gasteiger partial charge in [-0.15, -0.1) is 11.3 Å². The van der Waals surface area contributed by atoms with Crippen molar-refractivity contribution < 1.29 is 4.79 Å². The van der Waals surface area contributed by atoms with Crippen LogP contribution in [0.15, 0.2) is 53.9 Å². The number of hydrogen-bond acceptors (Lipinski definition) is 6. The third-order valence-electron chi connectivity index (χ3n) is 6.69. The number of rotatable bonds is 7. The molecule has 1 aliphatic carbocycles. The summed E-state index contributed by atoms with van der Waals surface area (Å²) in [7, 11) is 4.03. The molecule has 1 saturated carbocycles. The van der Waals surface area contributed by atoms with E-state index in [9.17, 15) is 4.79 Å². The minimum Gasteiger partial charge on any atom is -0.362 e. The molecule has 0 bridgehead atoms. The second-order valence-corrected chi connectivity index (χ2v) is 10.3. The smallest absolute Gasteiger partial charge is 0.225 e. The highest BCUT2D eigenvalue weighted by atomic mass is 32.1. The second-order valence-electron chi connectivity index (χ2n) is 9.38. The van der Waals surface area contributed by atoms with Gasteiger partial charge in [0.15, 0.2) is 0 Å². The van der Waals surface area contributed by atoms with Gasteiger partial charge in [-0.1, -0.05) is 30.3 Å². The Morgan fingerprint density at radius 3 is 2.53 bits per heavy atom. The van der Waals surface area contributed by atoms with E-state index in [1.807, 2.05) is 49.3 Å². The molecule has 1 aliphatic rings. The van der Waals surface area contributed by atoms with E-state index < -0.39 is 0 Å². The lowest BCUT2D eigenvalue weighted by atomic mass is 9.86. The molecule has 2 aromatic heterocycles. The van der Waals surface area contributed by atoms with Crippen LogP contribution in [-0.2, 0) is 11.2 Å². The lowest BCUT2D eigenvalue weighted by molar-refractivity contribution is -0.120. The first-order valence-electron chi connectivity index (χ1n) is 12.0. The molecule has 5 rings (SSSR count). The number of hydrogen-bond donors (Lipinski definition) is 2. The van der Waals surface area contributed by atoms with Gasteiger partial charge in [-0.05, 0) is 66.1 Å². The zero-order valence-electron chi connectivity index (χ0n) is 19.8. The van der Waals surface area contributed by atoms with Crippen molar-refractivity contribution in [1.82, 2.24) is 15.3 Å². The summed E-state index contributed by atoms with van der Waals surface area (Å²) in [5.74, 6) is 2.27. The van der Waals surface area contributed by atoms with Gasteiger partial charge in [0.25, 0.3) is 0 Å². The van der Waals surface area contributed by atoms with Crippen LogP contribution < -0.4 is 15.5 Å². The number of aromatic nitrogens is 2. The van der Waals surface area contributed by atoms with Crippen LogP contribution >= 0.6 is 11.3 Å². The maximum atomic E-state index is 12.6. The van der Waals surface area contributed by atoms with Crippen LogP contribution in [0.1, 0.15) is 31.2 Å². The Kier molecular flexibility index (Phi) is 6.63. The molecule has 0 aliphatic heterocycles. The summed E-state index contributed by atoms with van der Waals surface area (Å²) in [6, 6.07) is 16.8. The molecule has 34 heavy (non-hydrogen) atoms. The fourth-order valence-electron chi connectivity index (χ4n) is 4.82. The average Bonchev–Trinajstić information content (AvgIpc) is 3.26. The summed E-state index contributed by atoms with van der Waals surface area (Å²) in [5.41, 5.74) is 2.08. The van der Waals surface area contributed by atoms with Crippen molar-refractivity contribution in [3.05, 3.63) is 59.5 Å². The van der Waals surface area contributed by atoms with Crippen LogP contribution in [0.4, 0.5) is 11.8 Å². The number of nitrogens with one attached hydrogen (secondary N) is 2. The largest absolute Gasteiger partial charge is 0.362 e. The first-order valence-corrected chi connectivity index (χ1v) is 12.9. The molecule has 2 aromatic carbocycles. The Morgan fingerprint density at radius 1 is 1.00 bits per heavy atom. The fourth-order valence-corrected chi connectivity index (χ4v) is 5.78. The zero-order valence-corrected chi connectivity index (χ0v) is 20.6. The van der Waals surface area contributed by atoms with Crippen molar-refractivity contribution in [2.24, 2.45) is 5.92 Å². The molecule has 6 nitrogen and oxygen atoms in total. The Hall–Kier alpha value is -3.19. The van der Waals surface area contributed by atoms with Gasteiger partial charge in [0, 0.05) is 36.8 Å². The van der Waals surface area contributed by atoms with Crippen LogP contribution in [0.5, 0.6) is 0 Å². The molecule has 2 N–H and O–H groups in total. The van der Waals surface area contributed by atoms with E-state index in [1.54, 1.807) is 11.3 Å². The first-order chi connectivity index (χ1) is 16.6. The molecule has 0 atom stereocenters. The van der Waals surface area contributed by atoms with E-state index in [1.165, 1.54) is 10.1 Å². The number of amides is 1. The topological polar surface area (TPSA) is 70.2 Å². The minimum absolute atomic E-state index is 0.115. The first kappa shape index (κ1) is 22.6. The Morgan fingerprint density at radius 2 is 1.74 bits per heavy atom. The third-order valence-corrected chi connectivity index (χ3v) is 7.70. The summed E-state index contributed by atoms with van der Waals surface area (Å²) >= 11 is 1.71. The molecular weight excluding hydrogens is 442 g/mol. The molecule has 0 saturated heterocycles. The van der Waals surface area contributed by atoms with Gasteiger partial charge in [0.2, 0.25) is 11.9 Å². The highest BCUT2D eigenvalue weighted by molar-refractivity contribution is 7.17. The highest BCUT2D eigenvalue weighted by Gasteiger charge is 2.23. The minimum atomic E-state index is 0.115. The normalized spacial score (nSPS) is 18.2. The van der Waals surface area contributed by atoms with Crippen LogP contribution in [0.3, 0.4) is 0 Å². The van der Waals surface area contributed by atoms with Gasteiger partial charge in [0.1, 0.15) is 5.82 Å². The molecule has 7 heteroatoms. The quantitative estimate of drug-likeness (QED) is 0.384. The monoisotopic (exact) mass is 473 g/mol. The number of carbonyl (C=O) groups excluding carboxylic acids is 1. The molecule has 1 amide bonds. The Labute approximate surface area is 204 Å². The average molecular weight is 474 g/mol. The van der Waals surface area contributed by atoms with Crippen molar-refractivity contribution in [3.8, 4) is 0 Å². The van der Waals surface area contributed by atoms with Gasteiger partial charge in [-0.3, -0.25) is 4.79 Å². The molecule has 4 aromatic rings. The Bertz CT molecular complexity index is 1290. The molecule has 1 fully saturated rings. The number of thiophene rings is 1. The predicted octanol–water partition coefficient (Wildman–Crippen LogP) is 5.24. The van der Waals surface area contributed by atoms with E-state index in [4.69, 9.17) is 9.97 Å². The molecule has 176 valence electrons. The zero-order chi connectivity index (χ0) is 23.5. The van der Waals surface area contributed by atoms with Gasteiger partial charge in [-0.2, -0.15) is 4.98 Å². The number of nitrogens with zero attached hydrogens (tertiary/aromatic N) is 3. The van der Waals surface area contributed by atoms with E-state index in [0.29, 0.717) is 24.3 Å². The van der Waals surface area contributed by atoms with Gasteiger partial charge < -0.3 is 15.5 Å². The highest BCUT2D eigenvalue weighted by Crippen LogP contribution is 2.29. The molecule has 0 radical (unpaired) electrons. The van der Waals surface area contributed by atoms with E-state index in [0.717, 1.165) is 54.5 Å². The summed E-state index contributed by atoms with van der Waals surface area (Å²) in [6.07, 6.45) is 4.75. The van der Waals surface area contributed by atoms with Crippen LogP contribution in [0.25, 0.3) is 21.0 Å². The van der Waals surface area contributed by atoms with Crippen molar-refractivity contribution in [1.29, 1.82) is 0 Å². The predicted molar refractivity (Wildman–Crippen MR) is 142 cm³/mol. The molecule has 2 heterocycles. The van der Waals surface area contributed by atoms with Crippen LogP contribution in [0, 0.1) is 5.92 Å². The standard InChI is InChI=1S/C27H31N5OS/c1-32(2)26-22-8-3-5-9-23(22)30-27(31-26)29-20-13-11-18(12-14-20)16-28-25(33)15-19-17-34-24-10-6-4-7-21(19)24/h3-10,17-18,20H,11-16H2,1-2H3,(H,28,33)(H,29,30,31)/t18-,20+. The SMILES string of the molecule is CN(C)c1nc(N[C@H]2CC[C@@H](CNC(=O)Cc3csc4ccccc34)CC2)nc2ccccc12. The van der Waals surface area contributed by atoms with Crippen molar-refractivity contribution >= 4 is 50.0 Å². The van der Waals surface area contributed by atoms with Crippen LogP contribution in [0.2, 0.25) is 0 Å². The molecular formula is C27H31N5OS. The number of fused-ring (bicyclic) bond motifs is 2. The lowest BCUT2D eigenvalue weighted by Crippen LogP contribution is -2.34. The number of para-hydroxylation sites is 1. The summed E-state index contributed by atoms with van der Waals surface area (Å²) in [6.45, 7) is 0.755. The maximum absolute atomic E-state index is 12.6. The second kappa shape index (κ2) is 9.97. The van der Waals surface area contributed by atoms with E-state index in [2.05, 4.69) is 34.2 Å². The number of anilines is 2. The summed E-state index contributed by atoms with van der Waals surface area (Å²) in [4.78, 5) is 24.1. The summed E-state index contributed by atoms with van der Waals surface area (Å²) in [5, 5.41) is 11.1.